The summed E-state index contributed by atoms with van der Waals surface area (Å²) in [5, 5.41) is 24.3. The smallest absolute Gasteiger partial charge is 0.352 e. The van der Waals surface area contributed by atoms with Crippen molar-refractivity contribution < 1.29 is 4.92 Å². The van der Waals surface area contributed by atoms with Crippen LogP contribution in [0.15, 0.2) is 41.3 Å². The fourth-order valence-electron chi connectivity index (χ4n) is 3.65. The predicted molar refractivity (Wildman–Crippen MR) is 108 cm³/mol. The Morgan fingerprint density at radius 1 is 1.00 bits per heavy atom. The summed E-state index contributed by atoms with van der Waals surface area (Å²) < 4.78 is 2.87. The Kier molecular flexibility index (Phi) is 4.05. The van der Waals surface area contributed by atoms with E-state index in [9.17, 15) is 14.9 Å². The van der Waals surface area contributed by atoms with Crippen molar-refractivity contribution in [1.29, 1.82) is 0 Å². The first-order valence-electron chi connectivity index (χ1n) is 9.38. The second kappa shape index (κ2) is 6.76. The lowest BCUT2D eigenvalue weighted by atomic mass is 10.3. The van der Waals surface area contributed by atoms with E-state index in [1.54, 1.807) is 27.6 Å². The van der Waals surface area contributed by atoms with E-state index < -0.39 is 16.2 Å². The van der Waals surface area contributed by atoms with Gasteiger partial charge in [0.05, 0.1) is 4.92 Å². The normalized spacial score (nSPS) is 14.6. The van der Waals surface area contributed by atoms with E-state index in [0.717, 1.165) is 5.82 Å². The number of anilines is 2. The number of rotatable bonds is 3. The highest BCUT2D eigenvalue weighted by molar-refractivity contribution is 5.62. The standard InChI is InChI=1S/C18H17N9O3/c1-12-20-21-14-5-6-15(22-26(12)14)23-8-10-24(11-9-23)17-16(27(29)30)18(28)25-7-3-2-4-13(25)19-17/h2-7H,8-11H2,1H3. The van der Waals surface area contributed by atoms with Crippen molar-refractivity contribution in [3.63, 3.8) is 0 Å². The summed E-state index contributed by atoms with van der Waals surface area (Å²) in [6.07, 6.45) is 1.48. The van der Waals surface area contributed by atoms with E-state index >= 15 is 0 Å². The Morgan fingerprint density at radius 3 is 2.53 bits per heavy atom. The molecule has 12 heteroatoms. The van der Waals surface area contributed by atoms with Gasteiger partial charge < -0.3 is 9.80 Å². The van der Waals surface area contributed by atoms with Gasteiger partial charge in [0, 0.05) is 32.4 Å². The molecule has 0 spiro atoms. The molecule has 1 aliphatic rings. The van der Waals surface area contributed by atoms with E-state index in [0.29, 0.717) is 43.3 Å². The number of fused-ring (bicyclic) bond motifs is 2. The third kappa shape index (κ3) is 2.80. The maximum atomic E-state index is 12.7. The second-order valence-corrected chi connectivity index (χ2v) is 6.96. The Bertz CT molecular complexity index is 1340. The molecule has 152 valence electrons. The van der Waals surface area contributed by atoms with Gasteiger partial charge in [0.1, 0.15) is 11.5 Å². The molecule has 0 N–H and O–H groups in total. The van der Waals surface area contributed by atoms with Gasteiger partial charge in [-0.15, -0.1) is 15.3 Å². The molecule has 1 saturated heterocycles. The van der Waals surface area contributed by atoms with Crippen molar-refractivity contribution in [2.75, 3.05) is 36.0 Å². The number of pyridine rings is 1. The van der Waals surface area contributed by atoms with Crippen LogP contribution < -0.4 is 15.4 Å². The van der Waals surface area contributed by atoms with E-state index in [1.807, 2.05) is 19.1 Å². The van der Waals surface area contributed by atoms with Crippen LogP contribution in [-0.4, -0.2) is 60.3 Å². The number of piperazine rings is 1. The van der Waals surface area contributed by atoms with Crippen molar-refractivity contribution in [2.24, 2.45) is 0 Å². The molecule has 5 heterocycles. The third-order valence-electron chi connectivity index (χ3n) is 5.18. The summed E-state index contributed by atoms with van der Waals surface area (Å²) in [6.45, 7) is 3.92. The van der Waals surface area contributed by atoms with Gasteiger partial charge in [-0.3, -0.25) is 19.3 Å². The zero-order valence-electron chi connectivity index (χ0n) is 16.0. The summed E-state index contributed by atoms with van der Waals surface area (Å²) in [5.74, 6) is 1.57. The number of aryl methyl sites for hydroxylation is 1. The highest BCUT2D eigenvalue weighted by atomic mass is 16.6. The number of hydrogen-bond acceptors (Lipinski definition) is 9. The minimum absolute atomic E-state index is 0.105. The Hall–Kier alpha value is -4.09. The van der Waals surface area contributed by atoms with Crippen LogP contribution in [0.4, 0.5) is 17.3 Å². The topological polar surface area (TPSA) is 127 Å². The molecular formula is C18H17N9O3. The lowest BCUT2D eigenvalue weighted by Gasteiger charge is -2.35. The summed E-state index contributed by atoms with van der Waals surface area (Å²) in [6, 6.07) is 8.77. The van der Waals surface area contributed by atoms with Gasteiger partial charge in [0.2, 0.25) is 5.82 Å². The Morgan fingerprint density at radius 2 is 1.77 bits per heavy atom. The molecule has 0 unspecified atom stereocenters. The molecule has 30 heavy (non-hydrogen) atoms. The molecule has 0 aliphatic carbocycles. The molecule has 0 aromatic carbocycles. The van der Waals surface area contributed by atoms with Crippen LogP contribution >= 0.6 is 0 Å². The Labute approximate surface area is 169 Å². The molecular weight excluding hydrogens is 390 g/mol. The summed E-state index contributed by atoms with van der Waals surface area (Å²) in [4.78, 5) is 31.9. The molecule has 5 rings (SSSR count). The fraction of sp³-hybridized carbons (Fsp3) is 0.278. The monoisotopic (exact) mass is 407 g/mol. The number of hydrogen-bond donors (Lipinski definition) is 0. The molecule has 0 saturated carbocycles. The summed E-state index contributed by atoms with van der Waals surface area (Å²) in [5.41, 5.74) is -0.142. The number of nitro groups is 1. The van der Waals surface area contributed by atoms with Gasteiger partial charge in [-0.05, 0) is 31.2 Å². The number of nitrogens with zero attached hydrogens (tertiary/aromatic N) is 9. The third-order valence-corrected chi connectivity index (χ3v) is 5.18. The van der Waals surface area contributed by atoms with Gasteiger partial charge in [0.15, 0.2) is 11.5 Å². The highest BCUT2D eigenvalue weighted by Gasteiger charge is 2.30. The SMILES string of the molecule is Cc1nnc2ccc(N3CCN(c4nc5ccccn5c(=O)c4[N+](=O)[O-])CC3)nn12. The maximum absolute atomic E-state index is 12.7. The lowest BCUT2D eigenvalue weighted by Crippen LogP contribution is -2.47. The predicted octanol–water partition coefficient (Wildman–Crippen LogP) is 0.675. The van der Waals surface area contributed by atoms with Crippen LogP contribution in [0.1, 0.15) is 5.82 Å². The first kappa shape index (κ1) is 18.0. The molecule has 4 aromatic heterocycles. The molecule has 12 nitrogen and oxygen atoms in total. The number of aromatic nitrogens is 6. The van der Waals surface area contributed by atoms with E-state index in [-0.39, 0.29) is 5.82 Å². The minimum atomic E-state index is -0.682. The summed E-state index contributed by atoms with van der Waals surface area (Å²) >= 11 is 0. The molecule has 4 aromatic rings. The lowest BCUT2D eigenvalue weighted by molar-refractivity contribution is -0.385. The van der Waals surface area contributed by atoms with Gasteiger partial charge in [-0.25, -0.2) is 4.98 Å². The molecule has 1 aliphatic heterocycles. The van der Waals surface area contributed by atoms with Crippen LogP contribution in [-0.2, 0) is 0 Å². The van der Waals surface area contributed by atoms with E-state index in [4.69, 9.17) is 0 Å². The van der Waals surface area contributed by atoms with Crippen molar-refractivity contribution >= 4 is 28.6 Å². The zero-order valence-corrected chi connectivity index (χ0v) is 16.0. The van der Waals surface area contributed by atoms with Crippen LogP contribution in [0, 0.1) is 17.0 Å². The van der Waals surface area contributed by atoms with Gasteiger partial charge in [0.25, 0.3) is 0 Å². The van der Waals surface area contributed by atoms with E-state index in [2.05, 4.69) is 25.2 Å². The average Bonchev–Trinajstić information content (AvgIpc) is 3.13. The molecule has 0 atom stereocenters. The largest absolute Gasteiger partial charge is 0.376 e. The first-order valence-corrected chi connectivity index (χ1v) is 9.38. The van der Waals surface area contributed by atoms with E-state index in [1.165, 1.54) is 10.6 Å². The Balaban J connectivity index is 1.45. The van der Waals surface area contributed by atoms with Crippen molar-refractivity contribution in [3.8, 4) is 0 Å². The quantitative estimate of drug-likeness (QED) is 0.356. The zero-order chi connectivity index (χ0) is 20.8. The van der Waals surface area contributed by atoms with Crippen LogP contribution in [0.25, 0.3) is 11.3 Å². The van der Waals surface area contributed by atoms with Gasteiger partial charge in [-0.2, -0.15) is 4.52 Å². The van der Waals surface area contributed by atoms with Gasteiger partial charge >= 0.3 is 11.2 Å². The fourth-order valence-corrected chi connectivity index (χ4v) is 3.65. The average molecular weight is 407 g/mol. The van der Waals surface area contributed by atoms with Gasteiger partial charge in [-0.1, -0.05) is 6.07 Å². The molecule has 0 bridgehead atoms. The van der Waals surface area contributed by atoms with Crippen molar-refractivity contribution in [3.05, 3.63) is 62.8 Å². The first-order chi connectivity index (χ1) is 14.5. The molecule has 1 fully saturated rings. The van der Waals surface area contributed by atoms with Crippen LogP contribution in [0.5, 0.6) is 0 Å². The molecule has 0 radical (unpaired) electrons. The van der Waals surface area contributed by atoms with Crippen molar-refractivity contribution in [2.45, 2.75) is 6.92 Å². The summed E-state index contributed by atoms with van der Waals surface area (Å²) in [7, 11) is 0. The van der Waals surface area contributed by atoms with Crippen LogP contribution in [0.3, 0.4) is 0 Å². The van der Waals surface area contributed by atoms with Crippen molar-refractivity contribution in [1.82, 2.24) is 29.2 Å². The maximum Gasteiger partial charge on any atom is 0.376 e. The highest BCUT2D eigenvalue weighted by Crippen LogP contribution is 2.25. The second-order valence-electron chi connectivity index (χ2n) is 6.96. The molecule has 0 amide bonds. The minimum Gasteiger partial charge on any atom is -0.352 e. The van der Waals surface area contributed by atoms with Crippen LogP contribution in [0.2, 0.25) is 0 Å².